The summed E-state index contributed by atoms with van der Waals surface area (Å²) in [5, 5.41) is 17.2. The number of ether oxygens (including phenoxy) is 1. The van der Waals surface area contributed by atoms with Crippen LogP contribution < -0.4 is 0 Å². The van der Waals surface area contributed by atoms with Crippen LogP contribution in [-0.4, -0.2) is 41.7 Å². The smallest absolute Gasteiger partial charge is 0.0952 e. The summed E-state index contributed by atoms with van der Waals surface area (Å²) in [4.78, 5) is 1.56. The van der Waals surface area contributed by atoms with Crippen molar-refractivity contribution in [2.45, 2.75) is 58.7 Å². The van der Waals surface area contributed by atoms with Crippen LogP contribution in [0.3, 0.4) is 0 Å². The van der Waals surface area contributed by atoms with Gasteiger partial charge in [0, 0.05) is 0 Å². The van der Waals surface area contributed by atoms with Gasteiger partial charge in [-0.3, -0.25) is 5.41 Å². The summed E-state index contributed by atoms with van der Waals surface area (Å²) in [6, 6.07) is 0. The molecule has 122 valence electrons. The first-order valence-electron chi connectivity index (χ1n) is 8.20. The summed E-state index contributed by atoms with van der Waals surface area (Å²) in [5.41, 5.74) is 0. The second kappa shape index (κ2) is 9.21. The average Bonchev–Trinajstić information content (AvgIpc) is 2.49. The largest absolute Gasteiger partial charge is 0.389 e. The second-order valence-electron chi connectivity index (χ2n) is 6.53. The second-order valence-corrected chi connectivity index (χ2v) is 6.53. The predicted octanol–water partition coefficient (Wildman–Crippen LogP) is 3.27. The van der Waals surface area contributed by atoms with Crippen LogP contribution >= 0.6 is 0 Å². The molecule has 0 heterocycles. The van der Waals surface area contributed by atoms with Crippen molar-refractivity contribution in [2.24, 2.45) is 17.8 Å². The zero-order valence-electron chi connectivity index (χ0n) is 13.8. The Morgan fingerprint density at radius 3 is 2.67 bits per heavy atom. The molecule has 1 saturated carbocycles. The van der Waals surface area contributed by atoms with E-state index in [1.807, 2.05) is 0 Å². The van der Waals surface area contributed by atoms with Crippen LogP contribution in [0, 0.1) is 23.2 Å². The molecule has 0 aromatic carbocycles. The van der Waals surface area contributed by atoms with Crippen LogP contribution in [0.2, 0.25) is 0 Å². The van der Waals surface area contributed by atoms with E-state index in [9.17, 15) is 5.11 Å². The van der Waals surface area contributed by atoms with Gasteiger partial charge in [-0.15, -0.1) is 0 Å². The number of hydrogen-bond acceptors (Lipinski definition) is 3. The highest BCUT2D eigenvalue weighted by molar-refractivity contribution is 5.52. The van der Waals surface area contributed by atoms with Gasteiger partial charge in [0.25, 0.3) is 0 Å². The normalized spacial score (nSPS) is 27.4. The molecule has 0 aliphatic heterocycles. The van der Waals surface area contributed by atoms with Gasteiger partial charge >= 0.3 is 0 Å². The maximum atomic E-state index is 10.0. The summed E-state index contributed by atoms with van der Waals surface area (Å²) in [6.07, 6.45) is 7.25. The van der Waals surface area contributed by atoms with Crippen LogP contribution in [0.25, 0.3) is 0 Å². The number of nitrogens with zero attached hydrogens (tertiary/aromatic N) is 1. The van der Waals surface area contributed by atoms with Gasteiger partial charge in [0.15, 0.2) is 0 Å². The molecule has 0 saturated heterocycles. The molecule has 0 bridgehead atoms. The molecule has 0 aromatic rings. The zero-order valence-corrected chi connectivity index (χ0v) is 13.8. The molecule has 1 aliphatic carbocycles. The van der Waals surface area contributed by atoms with Gasteiger partial charge in [-0.1, -0.05) is 33.8 Å². The minimum atomic E-state index is -0.584. The van der Waals surface area contributed by atoms with Crippen LogP contribution in [-0.2, 0) is 4.74 Å². The monoisotopic (exact) mass is 296 g/mol. The summed E-state index contributed by atoms with van der Waals surface area (Å²) < 4.78 is 6.05. The molecular formula is C17H32N2O2. The molecule has 4 nitrogen and oxygen atoms in total. The number of rotatable bonds is 9. The summed E-state index contributed by atoms with van der Waals surface area (Å²) >= 11 is 0. The minimum Gasteiger partial charge on any atom is -0.389 e. The molecule has 0 spiro atoms. The third-order valence-electron chi connectivity index (χ3n) is 4.71. The third kappa shape index (κ3) is 5.79. The van der Waals surface area contributed by atoms with E-state index in [1.165, 1.54) is 25.6 Å². The van der Waals surface area contributed by atoms with Gasteiger partial charge < -0.3 is 14.7 Å². The highest BCUT2D eigenvalue weighted by atomic mass is 16.5. The molecule has 4 atom stereocenters. The topological polar surface area (TPSA) is 56.6 Å². The van der Waals surface area contributed by atoms with Gasteiger partial charge in [-0.25, -0.2) is 0 Å². The molecule has 1 aliphatic rings. The molecule has 0 amide bonds. The summed E-state index contributed by atoms with van der Waals surface area (Å²) in [7, 11) is 0. The number of nitrogens with one attached hydrogen (secondary N) is 1. The van der Waals surface area contributed by atoms with Crippen molar-refractivity contribution in [2.75, 3.05) is 13.2 Å². The van der Waals surface area contributed by atoms with Crippen molar-refractivity contribution in [1.29, 1.82) is 5.41 Å². The van der Waals surface area contributed by atoms with Gasteiger partial charge in [0.2, 0.25) is 0 Å². The number of hydrogen-bond donors (Lipinski definition) is 2. The Hall–Kier alpha value is -0.870. The Morgan fingerprint density at radius 1 is 1.43 bits per heavy atom. The predicted molar refractivity (Wildman–Crippen MR) is 87.4 cm³/mol. The average molecular weight is 296 g/mol. The first-order chi connectivity index (χ1) is 10.0. The van der Waals surface area contributed by atoms with E-state index in [4.69, 9.17) is 10.1 Å². The zero-order chi connectivity index (χ0) is 15.8. The van der Waals surface area contributed by atoms with Crippen molar-refractivity contribution in [1.82, 2.24) is 4.90 Å². The number of aliphatic hydroxyl groups is 1. The highest BCUT2D eigenvalue weighted by Gasteiger charge is 2.32. The molecule has 4 heteroatoms. The van der Waals surface area contributed by atoms with Crippen LogP contribution in [0.5, 0.6) is 0 Å². The molecule has 1 rings (SSSR count). The Morgan fingerprint density at radius 2 is 2.14 bits per heavy atom. The molecule has 4 unspecified atom stereocenters. The fraction of sp³-hybridized carbons (Fsp3) is 0.824. The first kappa shape index (κ1) is 18.2. The highest BCUT2D eigenvalue weighted by Crippen LogP contribution is 2.36. The standard InChI is InChI=1S/C17H32N2O2/c1-5-14-7-8-16(13(3)4)17(9-14)21-11-15(20)10-19(6-2)12-18/h6,12-18,20H,2,5,7-11H2,1,3-4H3. The van der Waals surface area contributed by atoms with E-state index < -0.39 is 6.10 Å². The molecule has 0 aromatic heterocycles. The Kier molecular flexibility index (Phi) is 7.97. The maximum Gasteiger partial charge on any atom is 0.0952 e. The van der Waals surface area contributed by atoms with Crippen molar-refractivity contribution >= 4 is 6.34 Å². The van der Waals surface area contributed by atoms with Crippen molar-refractivity contribution in [3.05, 3.63) is 12.8 Å². The lowest BCUT2D eigenvalue weighted by Crippen LogP contribution is -2.38. The first-order valence-corrected chi connectivity index (χ1v) is 8.20. The molecule has 21 heavy (non-hydrogen) atoms. The van der Waals surface area contributed by atoms with Crippen molar-refractivity contribution in [3.63, 3.8) is 0 Å². The third-order valence-corrected chi connectivity index (χ3v) is 4.71. The molecule has 1 fully saturated rings. The molecular weight excluding hydrogens is 264 g/mol. The van der Waals surface area contributed by atoms with Gasteiger partial charge in [-0.2, -0.15) is 0 Å². The van der Waals surface area contributed by atoms with E-state index in [0.717, 1.165) is 12.3 Å². The Labute approximate surface area is 129 Å². The van der Waals surface area contributed by atoms with Gasteiger partial charge in [-0.05, 0) is 43.2 Å². The lowest BCUT2D eigenvalue weighted by atomic mass is 9.74. The van der Waals surface area contributed by atoms with Gasteiger partial charge in [0.05, 0.1) is 31.7 Å². The van der Waals surface area contributed by atoms with E-state index in [-0.39, 0.29) is 6.10 Å². The summed E-state index contributed by atoms with van der Waals surface area (Å²) in [6.45, 7) is 11.1. The van der Waals surface area contributed by atoms with E-state index in [1.54, 1.807) is 11.1 Å². The van der Waals surface area contributed by atoms with Crippen molar-refractivity contribution in [3.8, 4) is 0 Å². The van der Waals surface area contributed by atoms with Crippen molar-refractivity contribution < 1.29 is 9.84 Å². The van der Waals surface area contributed by atoms with E-state index in [0.29, 0.717) is 25.0 Å². The minimum absolute atomic E-state index is 0.260. The number of aliphatic hydroxyl groups excluding tert-OH is 1. The SMILES string of the molecule is C=CN(C=N)CC(O)COC1CC(CC)CCC1C(C)C. The maximum absolute atomic E-state index is 10.0. The quantitative estimate of drug-likeness (QED) is 0.507. The Balaban J connectivity index is 2.48. The van der Waals surface area contributed by atoms with E-state index >= 15 is 0 Å². The Bertz CT molecular complexity index is 312. The fourth-order valence-corrected chi connectivity index (χ4v) is 3.27. The lowest BCUT2D eigenvalue weighted by Gasteiger charge is -2.38. The fourth-order valence-electron chi connectivity index (χ4n) is 3.27. The summed E-state index contributed by atoms with van der Waals surface area (Å²) in [5.74, 6) is 1.97. The van der Waals surface area contributed by atoms with Crippen LogP contribution in [0.1, 0.15) is 46.5 Å². The van der Waals surface area contributed by atoms with E-state index in [2.05, 4.69) is 27.4 Å². The molecule has 2 N–H and O–H groups in total. The molecule has 0 radical (unpaired) electrons. The van der Waals surface area contributed by atoms with Crippen LogP contribution in [0.4, 0.5) is 0 Å². The van der Waals surface area contributed by atoms with Gasteiger partial charge in [0.1, 0.15) is 0 Å². The lowest BCUT2D eigenvalue weighted by molar-refractivity contribution is -0.0720. The van der Waals surface area contributed by atoms with Crippen LogP contribution in [0.15, 0.2) is 12.8 Å².